The molecule has 2 N–H and O–H groups in total. The zero-order valence-electron chi connectivity index (χ0n) is 18.4. The molecule has 9 heteroatoms. The first-order chi connectivity index (χ1) is 14.2. The van der Waals surface area contributed by atoms with Crippen molar-refractivity contribution >= 4 is 17.9 Å². The number of carbonyl (C=O) groups is 3. The summed E-state index contributed by atoms with van der Waals surface area (Å²) in [4.78, 5) is 36.8. The van der Waals surface area contributed by atoms with Crippen LogP contribution in [0.3, 0.4) is 0 Å². The number of esters is 3. The van der Waals surface area contributed by atoms with E-state index in [2.05, 4.69) is 6.58 Å². The van der Waals surface area contributed by atoms with Crippen molar-refractivity contribution in [2.75, 3.05) is 0 Å². The third-order valence-electron chi connectivity index (χ3n) is 7.93. The van der Waals surface area contributed by atoms with Gasteiger partial charge in [-0.2, -0.15) is 0 Å². The van der Waals surface area contributed by atoms with Crippen molar-refractivity contribution in [3.63, 3.8) is 0 Å². The Morgan fingerprint density at radius 2 is 1.84 bits per heavy atom. The highest BCUT2D eigenvalue weighted by atomic mass is 16.7. The fourth-order valence-corrected chi connectivity index (χ4v) is 5.92. The molecule has 4 rings (SSSR count). The number of hydrogen-bond donors (Lipinski definition) is 2. The van der Waals surface area contributed by atoms with E-state index in [4.69, 9.17) is 18.9 Å². The van der Waals surface area contributed by atoms with E-state index in [1.54, 1.807) is 20.8 Å². The summed E-state index contributed by atoms with van der Waals surface area (Å²) in [5.74, 6) is -3.24. The summed E-state index contributed by atoms with van der Waals surface area (Å²) in [7, 11) is 0. The van der Waals surface area contributed by atoms with Crippen LogP contribution in [0.1, 0.15) is 47.5 Å². The lowest BCUT2D eigenvalue weighted by molar-refractivity contribution is -0.267. The Morgan fingerprint density at radius 3 is 2.39 bits per heavy atom. The Balaban J connectivity index is 1.71. The Hall–Kier alpha value is -1.97. The fourth-order valence-electron chi connectivity index (χ4n) is 5.92. The molecule has 4 fully saturated rings. The number of fused-ring (bicyclic) bond motifs is 3. The minimum Gasteiger partial charge on any atom is -0.459 e. The van der Waals surface area contributed by atoms with Crippen LogP contribution in [-0.4, -0.2) is 69.8 Å². The molecule has 0 bridgehead atoms. The summed E-state index contributed by atoms with van der Waals surface area (Å²) in [6.45, 7) is 11.8. The van der Waals surface area contributed by atoms with Gasteiger partial charge in [0.05, 0.1) is 18.1 Å². The zero-order chi connectivity index (χ0) is 23.1. The lowest BCUT2D eigenvalue weighted by Crippen LogP contribution is -2.70. The van der Waals surface area contributed by atoms with Gasteiger partial charge in [-0.3, -0.25) is 4.79 Å². The normalized spacial score (nSPS) is 50.7. The molecule has 4 aliphatic rings. The Morgan fingerprint density at radius 1 is 1.23 bits per heavy atom. The summed E-state index contributed by atoms with van der Waals surface area (Å²) in [6, 6.07) is 0. The molecule has 2 heterocycles. The van der Waals surface area contributed by atoms with E-state index in [0.717, 1.165) is 0 Å². The molecule has 10 unspecified atom stereocenters. The molecule has 0 aromatic carbocycles. The summed E-state index contributed by atoms with van der Waals surface area (Å²) in [6.07, 6.45) is -3.77. The van der Waals surface area contributed by atoms with E-state index in [0.29, 0.717) is 0 Å². The van der Waals surface area contributed by atoms with Crippen LogP contribution < -0.4 is 0 Å². The fraction of sp³-hybridized carbons (Fsp3) is 0.773. The highest BCUT2D eigenvalue weighted by Crippen LogP contribution is 2.60. The lowest BCUT2D eigenvalue weighted by atomic mass is 9.49. The van der Waals surface area contributed by atoms with Gasteiger partial charge in [-0.05, 0) is 27.2 Å². The van der Waals surface area contributed by atoms with Gasteiger partial charge in [0.25, 0.3) is 0 Å². The smallest absolute Gasteiger partial charge is 0.341 e. The third-order valence-corrected chi connectivity index (χ3v) is 7.93. The molecule has 2 aliphatic heterocycles. The van der Waals surface area contributed by atoms with Gasteiger partial charge in [0, 0.05) is 30.3 Å². The van der Waals surface area contributed by atoms with Crippen molar-refractivity contribution in [1.82, 2.24) is 0 Å². The van der Waals surface area contributed by atoms with E-state index in [-0.39, 0.29) is 24.5 Å². The van der Waals surface area contributed by atoms with Crippen LogP contribution >= 0.6 is 0 Å². The first-order valence-corrected chi connectivity index (χ1v) is 10.6. The summed E-state index contributed by atoms with van der Waals surface area (Å²) in [5, 5.41) is 22.6. The van der Waals surface area contributed by atoms with Crippen molar-refractivity contribution in [1.29, 1.82) is 0 Å². The van der Waals surface area contributed by atoms with Crippen LogP contribution in [0.15, 0.2) is 12.2 Å². The largest absolute Gasteiger partial charge is 0.459 e. The van der Waals surface area contributed by atoms with Crippen LogP contribution in [0.5, 0.6) is 0 Å². The molecular weight excluding hydrogens is 408 g/mol. The first-order valence-electron chi connectivity index (χ1n) is 10.6. The van der Waals surface area contributed by atoms with Gasteiger partial charge < -0.3 is 29.2 Å². The maximum absolute atomic E-state index is 12.8. The Kier molecular flexibility index (Phi) is 4.85. The quantitative estimate of drug-likeness (QED) is 0.282. The number of hydrogen-bond acceptors (Lipinski definition) is 9. The van der Waals surface area contributed by atoms with E-state index in [1.165, 1.54) is 13.8 Å². The molecule has 9 nitrogen and oxygen atoms in total. The molecule has 0 aromatic rings. The molecule has 2 aliphatic carbocycles. The number of aliphatic hydroxyl groups excluding tert-OH is 1. The molecule has 31 heavy (non-hydrogen) atoms. The van der Waals surface area contributed by atoms with Crippen LogP contribution in [0.4, 0.5) is 0 Å². The van der Waals surface area contributed by atoms with Crippen molar-refractivity contribution in [2.45, 2.75) is 89.2 Å². The SMILES string of the molecule is C=C1C(=O)OC2C1C(OC(=O)C1(C)OC1C)CC1(C)C(O)CC(OC(C)=O)C(C)(O)C21. The maximum atomic E-state index is 12.8. The van der Waals surface area contributed by atoms with Gasteiger partial charge in [0.1, 0.15) is 23.9 Å². The van der Waals surface area contributed by atoms with Crippen LogP contribution in [0.2, 0.25) is 0 Å². The molecule has 10 atom stereocenters. The molecule has 0 aromatic heterocycles. The molecule has 0 amide bonds. The zero-order valence-corrected chi connectivity index (χ0v) is 18.4. The van der Waals surface area contributed by atoms with Crippen molar-refractivity contribution in [3.8, 4) is 0 Å². The van der Waals surface area contributed by atoms with Gasteiger partial charge in [0.15, 0.2) is 5.60 Å². The summed E-state index contributed by atoms with van der Waals surface area (Å²) < 4.78 is 22.1. The van der Waals surface area contributed by atoms with E-state index >= 15 is 0 Å². The van der Waals surface area contributed by atoms with Crippen molar-refractivity contribution in [3.05, 3.63) is 12.2 Å². The molecule has 0 spiro atoms. The Bertz CT molecular complexity index is 850. The summed E-state index contributed by atoms with van der Waals surface area (Å²) >= 11 is 0. The predicted molar refractivity (Wildman–Crippen MR) is 104 cm³/mol. The average Bonchev–Trinajstić information content (AvgIpc) is 3.15. The van der Waals surface area contributed by atoms with Crippen LogP contribution in [-0.2, 0) is 33.3 Å². The monoisotopic (exact) mass is 438 g/mol. The highest BCUT2D eigenvalue weighted by molar-refractivity contribution is 5.91. The highest BCUT2D eigenvalue weighted by Gasteiger charge is 2.70. The second-order valence-electron chi connectivity index (χ2n) is 9.99. The number of epoxide rings is 1. The first kappa shape index (κ1) is 22.2. The van der Waals surface area contributed by atoms with Crippen LogP contribution in [0.25, 0.3) is 0 Å². The second kappa shape index (κ2) is 6.76. The minimum atomic E-state index is -1.59. The van der Waals surface area contributed by atoms with E-state index < -0.39 is 70.8 Å². The molecular formula is C22H30O9. The van der Waals surface area contributed by atoms with E-state index in [9.17, 15) is 24.6 Å². The molecule has 0 radical (unpaired) electrons. The standard InChI is InChI=1S/C22H30O9/c1-9-15-12(29-19(26)22(6)10(2)31-22)8-20(4)13(24)7-14(28-11(3)23)21(5,27)17(20)16(15)30-18(9)25/h10,12-17,24,27H,1,7-8H2,2-6H3. The molecule has 2 saturated heterocycles. The molecule has 2 saturated carbocycles. The number of carbonyl (C=O) groups excluding carboxylic acids is 3. The Labute approximate surface area is 180 Å². The van der Waals surface area contributed by atoms with Gasteiger partial charge in [-0.15, -0.1) is 0 Å². The maximum Gasteiger partial charge on any atom is 0.341 e. The molecule has 172 valence electrons. The average molecular weight is 438 g/mol. The van der Waals surface area contributed by atoms with E-state index in [1.807, 2.05) is 0 Å². The number of rotatable bonds is 3. The minimum absolute atomic E-state index is 0.00435. The topological polar surface area (TPSA) is 132 Å². The van der Waals surface area contributed by atoms with Crippen LogP contribution in [0, 0.1) is 17.3 Å². The van der Waals surface area contributed by atoms with Crippen molar-refractivity contribution < 1.29 is 43.5 Å². The van der Waals surface area contributed by atoms with Gasteiger partial charge in [-0.25, -0.2) is 9.59 Å². The van der Waals surface area contributed by atoms with Gasteiger partial charge >= 0.3 is 17.9 Å². The predicted octanol–water partition coefficient (Wildman–Crippen LogP) is 0.647. The third kappa shape index (κ3) is 3.12. The number of aliphatic hydroxyl groups is 2. The van der Waals surface area contributed by atoms with Crippen molar-refractivity contribution in [2.24, 2.45) is 17.3 Å². The lowest BCUT2D eigenvalue weighted by Gasteiger charge is -2.60. The second-order valence-corrected chi connectivity index (χ2v) is 9.99. The van der Waals surface area contributed by atoms with Gasteiger partial charge in [-0.1, -0.05) is 13.5 Å². The number of ether oxygens (including phenoxy) is 4. The summed E-state index contributed by atoms with van der Waals surface area (Å²) in [5.41, 5.74) is -3.47. The van der Waals surface area contributed by atoms with Gasteiger partial charge in [0.2, 0.25) is 0 Å².